The second kappa shape index (κ2) is 8.66. The van der Waals surface area contributed by atoms with Crippen LogP contribution in [0.5, 0.6) is 0 Å². The summed E-state index contributed by atoms with van der Waals surface area (Å²) in [5.74, 6) is -0.857. The van der Waals surface area contributed by atoms with Gasteiger partial charge in [-0.1, -0.05) is 30.3 Å². The predicted octanol–water partition coefficient (Wildman–Crippen LogP) is 5.68. The number of carbonyl (C=O) groups excluding carboxylic acids is 1. The van der Waals surface area contributed by atoms with Crippen LogP contribution < -0.4 is 10.0 Å². The Balaban J connectivity index is 1.94. The Labute approximate surface area is 184 Å². The van der Waals surface area contributed by atoms with Crippen LogP contribution in [0.2, 0.25) is 0 Å². The minimum Gasteiger partial charge on any atom is -0.321 e. The van der Waals surface area contributed by atoms with Gasteiger partial charge in [0.1, 0.15) is 0 Å². The van der Waals surface area contributed by atoms with E-state index in [9.17, 15) is 26.4 Å². The third-order valence-electron chi connectivity index (χ3n) is 5.07. The highest BCUT2D eigenvalue weighted by molar-refractivity contribution is 7.92. The van der Waals surface area contributed by atoms with Gasteiger partial charge in [0.05, 0.1) is 21.8 Å². The fraction of sp³-hybridized carbons (Fsp3) is 0.174. The molecule has 0 heterocycles. The molecule has 0 fully saturated rings. The highest BCUT2D eigenvalue weighted by atomic mass is 32.2. The molecular formula is C23H21F3N2O3S. The minimum absolute atomic E-state index is 0.0890. The van der Waals surface area contributed by atoms with Crippen molar-refractivity contribution in [3.05, 3.63) is 88.5 Å². The Morgan fingerprint density at radius 1 is 0.844 bits per heavy atom. The van der Waals surface area contributed by atoms with Gasteiger partial charge in [-0.3, -0.25) is 9.52 Å². The highest BCUT2D eigenvalue weighted by Crippen LogP contribution is 2.35. The Morgan fingerprint density at radius 2 is 1.50 bits per heavy atom. The summed E-state index contributed by atoms with van der Waals surface area (Å²) >= 11 is 0. The van der Waals surface area contributed by atoms with E-state index in [0.717, 1.165) is 29.3 Å². The van der Waals surface area contributed by atoms with Gasteiger partial charge in [0.2, 0.25) is 0 Å². The number of nitrogens with one attached hydrogen (secondary N) is 2. The maximum Gasteiger partial charge on any atom is 0.418 e. The van der Waals surface area contributed by atoms with Gasteiger partial charge < -0.3 is 5.32 Å². The molecule has 168 valence electrons. The van der Waals surface area contributed by atoms with Crippen molar-refractivity contribution in [2.24, 2.45) is 0 Å². The zero-order chi connectivity index (χ0) is 23.7. The van der Waals surface area contributed by atoms with E-state index >= 15 is 0 Å². The first kappa shape index (κ1) is 23.3. The van der Waals surface area contributed by atoms with Gasteiger partial charge in [-0.25, -0.2) is 8.42 Å². The first-order valence-corrected chi connectivity index (χ1v) is 11.1. The molecule has 2 N–H and O–H groups in total. The number of aryl methyl sites for hydroxylation is 2. The lowest BCUT2D eigenvalue weighted by molar-refractivity contribution is -0.136. The first-order valence-electron chi connectivity index (χ1n) is 9.57. The lowest BCUT2D eigenvalue weighted by atomic mass is 10.1. The van der Waals surface area contributed by atoms with Crippen molar-refractivity contribution in [1.29, 1.82) is 0 Å². The van der Waals surface area contributed by atoms with Crippen molar-refractivity contribution in [2.45, 2.75) is 31.8 Å². The van der Waals surface area contributed by atoms with Crippen LogP contribution in [0.4, 0.5) is 24.5 Å². The number of anilines is 2. The third-order valence-corrected chi connectivity index (χ3v) is 6.58. The Morgan fingerprint density at radius 3 is 2.19 bits per heavy atom. The summed E-state index contributed by atoms with van der Waals surface area (Å²) in [7, 11) is -4.05. The van der Waals surface area contributed by atoms with Gasteiger partial charge in [0.15, 0.2) is 0 Å². The van der Waals surface area contributed by atoms with Crippen LogP contribution in [0.1, 0.15) is 32.6 Å². The smallest absolute Gasteiger partial charge is 0.321 e. The summed E-state index contributed by atoms with van der Waals surface area (Å²) in [5, 5.41) is 2.22. The van der Waals surface area contributed by atoms with E-state index in [4.69, 9.17) is 0 Å². The van der Waals surface area contributed by atoms with Crippen molar-refractivity contribution in [3.63, 3.8) is 0 Å². The standard InChI is InChI=1S/C23H21F3N2O3S/c1-14-7-6-10-19(16(14)3)28-32(30,31)21-13-17(12-11-15(21)2)22(29)27-20-9-5-4-8-18(20)23(24,25)26/h4-13,28H,1-3H3,(H,27,29). The summed E-state index contributed by atoms with van der Waals surface area (Å²) in [6, 6.07) is 13.7. The molecule has 1 amide bonds. The van der Waals surface area contributed by atoms with Crippen molar-refractivity contribution < 1.29 is 26.4 Å². The monoisotopic (exact) mass is 462 g/mol. The van der Waals surface area contributed by atoms with Crippen LogP contribution in [0.25, 0.3) is 0 Å². The van der Waals surface area contributed by atoms with Gasteiger partial charge in [-0.15, -0.1) is 0 Å². The number of halogens is 3. The molecular weight excluding hydrogens is 441 g/mol. The Bertz CT molecular complexity index is 1290. The van der Waals surface area contributed by atoms with Crippen LogP contribution in [0.15, 0.2) is 65.6 Å². The van der Waals surface area contributed by atoms with Gasteiger partial charge >= 0.3 is 6.18 Å². The Kier molecular flexibility index (Phi) is 6.32. The molecule has 0 atom stereocenters. The normalized spacial score (nSPS) is 11.8. The molecule has 0 aliphatic rings. The number of hydrogen-bond acceptors (Lipinski definition) is 3. The molecule has 3 aromatic carbocycles. The fourth-order valence-electron chi connectivity index (χ4n) is 3.13. The second-order valence-electron chi connectivity index (χ2n) is 7.33. The van der Waals surface area contributed by atoms with Crippen LogP contribution in [-0.2, 0) is 16.2 Å². The van der Waals surface area contributed by atoms with Crippen LogP contribution in [0, 0.1) is 20.8 Å². The zero-order valence-corrected chi connectivity index (χ0v) is 18.4. The van der Waals surface area contributed by atoms with E-state index in [-0.39, 0.29) is 10.5 Å². The molecule has 5 nitrogen and oxygen atoms in total. The highest BCUT2D eigenvalue weighted by Gasteiger charge is 2.33. The van der Waals surface area contributed by atoms with Crippen molar-refractivity contribution >= 4 is 27.3 Å². The molecule has 0 aliphatic carbocycles. The molecule has 0 unspecified atom stereocenters. The number of amides is 1. The number of hydrogen-bond donors (Lipinski definition) is 2. The molecule has 0 saturated heterocycles. The molecule has 0 saturated carbocycles. The van der Waals surface area contributed by atoms with Crippen LogP contribution in [-0.4, -0.2) is 14.3 Å². The minimum atomic E-state index is -4.65. The SMILES string of the molecule is Cc1ccc(C(=O)Nc2ccccc2C(F)(F)F)cc1S(=O)(=O)Nc1cccc(C)c1C. The van der Waals surface area contributed by atoms with Gasteiger partial charge in [0, 0.05) is 5.56 Å². The summed E-state index contributed by atoms with van der Waals surface area (Å²) in [6.45, 7) is 5.20. The summed E-state index contributed by atoms with van der Waals surface area (Å²) in [5.41, 5.74) is 0.945. The van der Waals surface area contributed by atoms with Crippen LogP contribution in [0.3, 0.4) is 0 Å². The molecule has 3 aromatic rings. The van der Waals surface area contributed by atoms with Gasteiger partial charge in [-0.05, 0) is 67.8 Å². The second-order valence-corrected chi connectivity index (χ2v) is 8.98. The van der Waals surface area contributed by atoms with Crippen LogP contribution >= 0.6 is 0 Å². The van der Waals surface area contributed by atoms with E-state index in [0.29, 0.717) is 11.3 Å². The summed E-state index contributed by atoms with van der Waals surface area (Å²) < 4.78 is 68.2. The van der Waals surface area contributed by atoms with Gasteiger partial charge in [0.25, 0.3) is 15.9 Å². The maximum atomic E-state index is 13.2. The van der Waals surface area contributed by atoms with Crippen molar-refractivity contribution in [2.75, 3.05) is 10.0 Å². The van der Waals surface area contributed by atoms with Gasteiger partial charge in [-0.2, -0.15) is 13.2 Å². The van der Waals surface area contributed by atoms with Crippen molar-refractivity contribution in [3.8, 4) is 0 Å². The first-order chi connectivity index (χ1) is 14.9. The number of para-hydroxylation sites is 1. The summed E-state index contributed by atoms with van der Waals surface area (Å²) in [6.07, 6.45) is -4.65. The summed E-state index contributed by atoms with van der Waals surface area (Å²) in [4.78, 5) is 12.5. The molecule has 0 aromatic heterocycles. The van der Waals surface area contributed by atoms with E-state index in [1.807, 2.05) is 13.0 Å². The van der Waals surface area contributed by atoms with E-state index in [1.165, 1.54) is 24.3 Å². The van der Waals surface area contributed by atoms with E-state index in [2.05, 4.69) is 10.0 Å². The van der Waals surface area contributed by atoms with E-state index in [1.54, 1.807) is 26.0 Å². The number of rotatable bonds is 5. The quantitative estimate of drug-likeness (QED) is 0.512. The molecule has 0 radical (unpaired) electrons. The van der Waals surface area contributed by atoms with E-state index < -0.39 is 33.4 Å². The molecule has 0 bridgehead atoms. The number of alkyl halides is 3. The largest absolute Gasteiger partial charge is 0.418 e. The molecule has 9 heteroatoms. The average Bonchev–Trinajstić information content (AvgIpc) is 2.71. The number of benzene rings is 3. The lowest BCUT2D eigenvalue weighted by Crippen LogP contribution is -2.19. The Hall–Kier alpha value is -3.33. The molecule has 3 rings (SSSR count). The predicted molar refractivity (Wildman–Crippen MR) is 117 cm³/mol. The molecule has 0 aliphatic heterocycles. The number of carbonyl (C=O) groups is 1. The lowest BCUT2D eigenvalue weighted by Gasteiger charge is -2.16. The maximum absolute atomic E-state index is 13.2. The molecule has 0 spiro atoms. The fourth-order valence-corrected chi connectivity index (χ4v) is 4.52. The molecule has 32 heavy (non-hydrogen) atoms. The average molecular weight is 462 g/mol. The zero-order valence-electron chi connectivity index (χ0n) is 17.5. The third kappa shape index (κ3) is 4.94. The number of sulfonamides is 1. The van der Waals surface area contributed by atoms with Crippen molar-refractivity contribution in [1.82, 2.24) is 0 Å². The topological polar surface area (TPSA) is 75.3 Å².